The van der Waals surface area contributed by atoms with Crippen LogP contribution in [0.3, 0.4) is 0 Å². The van der Waals surface area contributed by atoms with Crippen LogP contribution in [0.4, 0.5) is 11.4 Å². The number of esters is 1. The van der Waals surface area contributed by atoms with Gasteiger partial charge in [-0.1, -0.05) is 47.5 Å². The Labute approximate surface area is 206 Å². The van der Waals surface area contributed by atoms with E-state index in [2.05, 4.69) is 15.5 Å². The largest absolute Gasteiger partial charge is 0.424 e. The van der Waals surface area contributed by atoms with Crippen molar-refractivity contribution in [1.82, 2.24) is 0 Å². The predicted molar refractivity (Wildman–Crippen MR) is 131 cm³/mol. The number of aryl methyl sites for hydroxylation is 2. The molecule has 0 bridgehead atoms. The fourth-order valence-electron chi connectivity index (χ4n) is 2.90. The highest BCUT2D eigenvalue weighted by molar-refractivity contribution is 6.33. The van der Waals surface area contributed by atoms with E-state index in [1.807, 2.05) is 6.92 Å². The minimum Gasteiger partial charge on any atom is -0.424 e. The first-order chi connectivity index (χ1) is 16.2. The molecule has 0 aliphatic rings. The Morgan fingerprint density at radius 2 is 1.68 bits per heavy atom. The Morgan fingerprint density at radius 1 is 0.941 bits per heavy atom. The summed E-state index contributed by atoms with van der Waals surface area (Å²) in [6.45, 7) is 4.82. The normalized spacial score (nSPS) is 11.8. The number of hydrogen-bond donors (Lipinski definition) is 1. The highest BCUT2D eigenvalue weighted by Gasteiger charge is 2.26. The van der Waals surface area contributed by atoms with Crippen molar-refractivity contribution >= 4 is 52.2 Å². The van der Waals surface area contributed by atoms with Crippen molar-refractivity contribution in [3.63, 3.8) is 0 Å². The van der Waals surface area contributed by atoms with Gasteiger partial charge in [0.25, 0.3) is 5.91 Å². The van der Waals surface area contributed by atoms with Crippen molar-refractivity contribution in [3.8, 4) is 5.75 Å². The first kappa shape index (κ1) is 25.1. The van der Waals surface area contributed by atoms with Crippen LogP contribution in [-0.2, 0) is 9.59 Å². The average Bonchev–Trinajstić information content (AvgIpc) is 2.78. The van der Waals surface area contributed by atoms with Gasteiger partial charge in [-0.05, 0) is 68.3 Å². The van der Waals surface area contributed by atoms with Gasteiger partial charge < -0.3 is 10.1 Å². The summed E-state index contributed by atoms with van der Waals surface area (Å²) >= 11 is 12.2. The van der Waals surface area contributed by atoms with Crippen molar-refractivity contribution in [2.45, 2.75) is 26.8 Å². The number of Topliss-reactive ketones (excluding diaryl/α,β-unsaturated/α-hetero) is 1. The summed E-state index contributed by atoms with van der Waals surface area (Å²) in [5, 5.41) is 11.3. The molecule has 0 aliphatic heterocycles. The second kappa shape index (κ2) is 11.0. The summed E-state index contributed by atoms with van der Waals surface area (Å²) in [5.74, 6) is -1.52. The zero-order valence-corrected chi connectivity index (χ0v) is 20.1. The molecule has 9 heteroatoms. The van der Waals surface area contributed by atoms with E-state index in [-0.39, 0.29) is 16.3 Å². The van der Waals surface area contributed by atoms with Gasteiger partial charge in [0.15, 0.2) is 5.78 Å². The third kappa shape index (κ3) is 6.27. The van der Waals surface area contributed by atoms with E-state index >= 15 is 0 Å². The Hall–Kier alpha value is -3.55. The number of nitrogens with zero attached hydrogens (tertiary/aromatic N) is 2. The number of carbonyl (C=O) groups is 3. The standard InChI is InChI=1S/C25H21Cl2N3O4/c1-14-8-10-18(26)13-20(14)28-24(32)17-9-11-19(27)21(12-17)29-30-23(16(3)31)25(33)34-22-7-5-4-6-15(22)2/h4-13,23H,1-3H3,(H,28,32). The fourth-order valence-corrected chi connectivity index (χ4v) is 3.23. The van der Waals surface area contributed by atoms with Crippen LogP contribution in [0.5, 0.6) is 5.75 Å². The Kier molecular flexibility index (Phi) is 8.15. The maximum atomic E-state index is 12.7. The molecule has 0 aliphatic carbocycles. The maximum Gasteiger partial charge on any atom is 0.346 e. The third-order valence-electron chi connectivity index (χ3n) is 4.85. The number of nitrogens with one attached hydrogen (secondary N) is 1. The second-order valence-corrected chi connectivity index (χ2v) is 8.34. The first-order valence-corrected chi connectivity index (χ1v) is 11.0. The lowest BCUT2D eigenvalue weighted by Crippen LogP contribution is -2.30. The molecule has 0 spiro atoms. The Bertz CT molecular complexity index is 1290. The summed E-state index contributed by atoms with van der Waals surface area (Å²) < 4.78 is 5.32. The number of benzene rings is 3. The van der Waals surface area contributed by atoms with Crippen LogP contribution in [0.2, 0.25) is 10.0 Å². The molecule has 3 aromatic carbocycles. The molecule has 174 valence electrons. The van der Waals surface area contributed by atoms with Crippen molar-refractivity contribution in [1.29, 1.82) is 0 Å². The zero-order valence-electron chi connectivity index (χ0n) is 18.6. The van der Waals surface area contributed by atoms with Gasteiger partial charge in [0, 0.05) is 16.3 Å². The second-order valence-electron chi connectivity index (χ2n) is 7.49. The molecule has 3 aromatic rings. The fraction of sp³-hybridized carbons (Fsp3) is 0.160. The molecule has 0 saturated carbocycles. The zero-order chi connectivity index (χ0) is 24.8. The first-order valence-electron chi connectivity index (χ1n) is 10.2. The minimum absolute atomic E-state index is 0.118. The molecule has 1 atom stereocenters. The molecular weight excluding hydrogens is 477 g/mol. The molecule has 34 heavy (non-hydrogen) atoms. The van der Waals surface area contributed by atoms with E-state index in [0.717, 1.165) is 11.1 Å². The van der Waals surface area contributed by atoms with Gasteiger partial charge in [0.05, 0.1) is 5.02 Å². The van der Waals surface area contributed by atoms with Crippen molar-refractivity contribution in [3.05, 3.63) is 87.4 Å². The Balaban J connectivity index is 1.81. The smallest absolute Gasteiger partial charge is 0.346 e. The van der Waals surface area contributed by atoms with Crippen LogP contribution in [0.25, 0.3) is 0 Å². The molecule has 0 aromatic heterocycles. The van der Waals surface area contributed by atoms with E-state index in [9.17, 15) is 14.4 Å². The summed E-state index contributed by atoms with van der Waals surface area (Å²) in [6, 6.07) is 15.0. The highest BCUT2D eigenvalue weighted by atomic mass is 35.5. The number of ether oxygens (including phenoxy) is 1. The molecule has 0 fully saturated rings. The number of anilines is 1. The number of halogens is 2. The number of ketones is 1. The van der Waals surface area contributed by atoms with Gasteiger partial charge in [-0.15, -0.1) is 0 Å². The predicted octanol–water partition coefficient (Wildman–Crippen LogP) is 6.51. The number of amides is 1. The minimum atomic E-state index is -1.48. The van der Waals surface area contributed by atoms with Gasteiger partial charge in [0.2, 0.25) is 6.04 Å². The molecule has 3 rings (SSSR count). The summed E-state index contributed by atoms with van der Waals surface area (Å²) in [5.41, 5.74) is 2.49. The van der Waals surface area contributed by atoms with Gasteiger partial charge in [-0.25, -0.2) is 4.79 Å². The summed E-state index contributed by atoms with van der Waals surface area (Å²) in [4.78, 5) is 37.3. The summed E-state index contributed by atoms with van der Waals surface area (Å²) in [7, 11) is 0. The SMILES string of the molecule is CC(=O)C(N=Nc1cc(C(=O)Nc2cc(Cl)ccc2C)ccc1Cl)C(=O)Oc1ccccc1C. The molecule has 0 saturated heterocycles. The monoisotopic (exact) mass is 497 g/mol. The van der Waals surface area contributed by atoms with E-state index in [1.165, 1.54) is 25.1 Å². The number of azo groups is 1. The molecule has 1 amide bonds. The lowest BCUT2D eigenvalue weighted by atomic mass is 10.1. The molecule has 1 unspecified atom stereocenters. The van der Waals surface area contributed by atoms with Crippen molar-refractivity contribution < 1.29 is 19.1 Å². The van der Waals surface area contributed by atoms with E-state index in [4.69, 9.17) is 27.9 Å². The van der Waals surface area contributed by atoms with Gasteiger partial charge in [0.1, 0.15) is 11.4 Å². The third-order valence-corrected chi connectivity index (χ3v) is 5.40. The number of carbonyl (C=O) groups excluding carboxylic acids is 3. The van der Waals surface area contributed by atoms with E-state index in [0.29, 0.717) is 16.5 Å². The molecule has 0 radical (unpaired) electrons. The number of hydrogen-bond acceptors (Lipinski definition) is 6. The van der Waals surface area contributed by atoms with Crippen molar-refractivity contribution in [2.75, 3.05) is 5.32 Å². The van der Waals surface area contributed by atoms with Crippen molar-refractivity contribution in [2.24, 2.45) is 10.2 Å². The van der Waals surface area contributed by atoms with Crippen LogP contribution < -0.4 is 10.1 Å². The van der Waals surface area contributed by atoms with Crippen LogP contribution in [0.15, 0.2) is 70.9 Å². The van der Waals surface area contributed by atoms with Crippen LogP contribution in [0.1, 0.15) is 28.4 Å². The van der Waals surface area contributed by atoms with Crippen LogP contribution in [-0.4, -0.2) is 23.7 Å². The quantitative estimate of drug-likeness (QED) is 0.174. The van der Waals surface area contributed by atoms with Crippen LogP contribution in [0, 0.1) is 13.8 Å². The molecule has 1 N–H and O–H groups in total. The average molecular weight is 498 g/mol. The topological polar surface area (TPSA) is 97.2 Å². The van der Waals surface area contributed by atoms with Gasteiger partial charge >= 0.3 is 5.97 Å². The van der Waals surface area contributed by atoms with E-state index < -0.39 is 23.7 Å². The van der Waals surface area contributed by atoms with Gasteiger partial charge in [-0.3, -0.25) is 9.59 Å². The number of para-hydroxylation sites is 1. The lowest BCUT2D eigenvalue weighted by molar-refractivity contribution is -0.139. The Morgan fingerprint density at radius 3 is 2.38 bits per heavy atom. The molecule has 0 heterocycles. The lowest BCUT2D eigenvalue weighted by Gasteiger charge is -2.11. The highest BCUT2D eigenvalue weighted by Crippen LogP contribution is 2.28. The number of rotatable bonds is 7. The van der Waals surface area contributed by atoms with Crippen LogP contribution >= 0.6 is 23.2 Å². The van der Waals surface area contributed by atoms with Gasteiger partial charge in [-0.2, -0.15) is 10.2 Å². The van der Waals surface area contributed by atoms with E-state index in [1.54, 1.807) is 49.4 Å². The summed E-state index contributed by atoms with van der Waals surface area (Å²) in [6.07, 6.45) is 0. The molecular formula is C25H21Cl2N3O4. The molecule has 7 nitrogen and oxygen atoms in total. The maximum absolute atomic E-state index is 12.7.